The molecule has 1 aliphatic carbocycles. The number of rotatable bonds is 7. The van der Waals surface area contributed by atoms with E-state index in [1.807, 2.05) is 57.2 Å². The van der Waals surface area contributed by atoms with Crippen LogP contribution in [0.3, 0.4) is 0 Å². The number of aliphatic carboxylic acids is 1. The van der Waals surface area contributed by atoms with Crippen LogP contribution in [0.1, 0.15) is 50.7 Å². The van der Waals surface area contributed by atoms with Crippen LogP contribution in [0.15, 0.2) is 48.5 Å². The Morgan fingerprint density at radius 3 is 2.17 bits per heavy atom. The van der Waals surface area contributed by atoms with Crippen LogP contribution in [0.4, 0.5) is 4.79 Å². The van der Waals surface area contributed by atoms with Crippen molar-refractivity contribution in [1.82, 2.24) is 10.6 Å². The third-order valence-electron chi connectivity index (χ3n) is 6.62. The molecular weight excluding hydrogens is 448 g/mol. The summed E-state index contributed by atoms with van der Waals surface area (Å²) in [7, 11) is 0. The fourth-order valence-electron chi connectivity index (χ4n) is 4.79. The third kappa shape index (κ3) is 5.48. The van der Waals surface area contributed by atoms with Gasteiger partial charge in [0.15, 0.2) is 6.10 Å². The summed E-state index contributed by atoms with van der Waals surface area (Å²) in [4.78, 5) is 36.8. The summed E-state index contributed by atoms with van der Waals surface area (Å²) >= 11 is 0. The van der Waals surface area contributed by atoms with Gasteiger partial charge in [-0.2, -0.15) is 0 Å². The third-order valence-corrected chi connectivity index (χ3v) is 6.62. The van der Waals surface area contributed by atoms with Gasteiger partial charge in [0.05, 0.1) is 6.10 Å². The first-order chi connectivity index (χ1) is 16.6. The average Bonchev–Trinajstić information content (AvgIpc) is 3.42. The van der Waals surface area contributed by atoms with Crippen LogP contribution in [-0.2, 0) is 19.1 Å². The van der Waals surface area contributed by atoms with Crippen molar-refractivity contribution in [3.8, 4) is 11.1 Å². The maximum Gasteiger partial charge on any atom is 0.407 e. The SMILES string of the molecule is CC(C)(C)[C@H](NC(=O)OCC1c2ccccc2-c2ccccc21)C(=O)NCC1CCC(C(=O)O)O1. The zero-order chi connectivity index (χ0) is 25.2. The minimum absolute atomic E-state index is 0.0724. The Kier molecular flexibility index (Phi) is 7.12. The molecule has 0 saturated carbocycles. The topological polar surface area (TPSA) is 114 Å². The number of carboxylic acid groups (broad SMARTS) is 1. The summed E-state index contributed by atoms with van der Waals surface area (Å²) in [6, 6.07) is 15.3. The van der Waals surface area contributed by atoms with Crippen LogP contribution in [0.5, 0.6) is 0 Å². The van der Waals surface area contributed by atoms with Crippen LogP contribution in [-0.4, -0.2) is 54.5 Å². The van der Waals surface area contributed by atoms with Crippen LogP contribution in [0.2, 0.25) is 0 Å². The summed E-state index contributed by atoms with van der Waals surface area (Å²) in [5.41, 5.74) is 3.94. The van der Waals surface area contributed by atoms with E-state index in [1.165, 1.54) is 0 Å². The largest absolute Gasteiger partial charge is 0.479 e. The number of carbonyl (C=O) groups excluding carboxylic acids is 2. The lowest BCUT2D eigenvalue weighted by atomic mass is 9.86. The molecule has 0 aromatic heterocycles. The first-order valence-electron chi connectivity index (χ1n) is 11.9. The predicted octanol–water partition coefficient (Wildman–Crippen LogP) is 3.69. The second-order valence-corrected chi connectivity index (χ2v) is 10.2. The Morgan fingerprint density at radius 2 is 1.63 bits per heavy atom. The fraction of sp³-hybridized carbons (Fsp3) is 0.444. The smallest absolute Gasteiger partial charge is 0.407 e. The molecule has 0 bridgehead atoms. The second kappa shape index (κ2) is 10.1. The number of benzene rings is 2. The van der Waals surface area contributed by atoms with Crippen molar-refractivity contribution < 1.29 is 29.0 Å². The molecule has 3 N–H and O–H groups in total. The minimum atomic E-state index is -0.997. The monoisotopic (exact) mass is 480 g/mol. The van der Waals surface area contributed by atoms with E-state index in [9.17, 15) is 14.4 Å². The highest BCUT2D eigenvalue weighted by Crippen LogP contribution is 2.44. The zero-order valence-corrected chi connectivity index (χ0v) is 20.2. The Balaban J connectivity index is 1.35. The molecule has 2 unspecified atom stereocenters. The van der Waals surface area contributed by atoms with Gasteiger partial charge in [0.25, 0.3) is 0 Å². The molecule has 8 heteroatoms. The number of carboxylic acids is 1. The van der Waals surface area contributed by atoms with Gasteiger partial charge in [-0.05, 0) is 40.5 Å². The van der Waals surface area contributed by atoms with Gasteiger partial charge in [-0.1, -0.05) is 69.3 Å². The number of fused-ring (bicyclic) bond motifs is 3. The van der Waals surface area contributed by atoms with Gasteiger partial charge in [0.1, 0.15) is 12.6 Å². The lowest BCUT2D eigenvalue weighted by Gasteiger charge is -2.30. The number of carbonyl (C=O) groups is 3. The Bertz CT molecular complexity index is 1060. The highest BCUT2D eigenvalue weighted by Gasteiger charge is 2.36. The summed E-state index contributed by atoms with van der Waals surface area (Å²) in [6.07, 6.45) is -0.900. The molecule has 1 fully saturated rings. The van der Waals surface area contributed by atoms with E-state index in [0.29, 0.717) is 12.8 Å². The molecule has 0 spiro atoms. The first kappa shape index (κ1) is 24.7. The van der Waals surface area contributed by atoms with Crippen molar-refractivity contribution in [2.45, 2.75) is 57.8 Å². The average molecular weight is 481 g/mol. The predicted molar refractivity (Wildman–Crippen MR) is 130 cm³/mol. The fourth-order valence-corrected chi connectivity index (χ4v) is 4.79. The number of amides is 2. The van der Waals surface area contributed by atoms with Gasteiger partial charge in [-0.3, -0.25) is 4.79 Å². The molecule has 1 saturated heterocycles. The van der Waals surface area contributed by atoms with Gasteiger partial charge in [-0.25, -0.2) is 9.59 Å². The molecule has 2 aromatic carbocycles. The van der Waals surface area contributed by atoms with E-state index in [4.69, 9.17) is 14.6 Å². The standard InChI is InChI=1S/C27H32N2O6/c1-27(2,3)23(24(30)28-14-16-12-13-22(35-16)25(31)32)29-26(33)34-15-21-19-10-6-4-8-17(19)18-9-5-7-11-20(18)21/h4-11,16,21-23H,12-15H2,1-3H3,(H,28,30)(H,29,33)(H,31,32)/t16?,22?,23-/m1/s1. The lowest BCUT2D eigenvalue weighted by molar-refractivity contribution is -0.149. The maximum absolute atomic E-state index is 12.9. The van der Waals surface area contributed by atoms with Crippen molar-refractivity contribution in [2.24, 2.45) is 5.41 Å². The van der Waals surface area contributed by atoms with Crippen molar-refractivity contribution in [2.75, 3.05) is 13.2 Å². The normalized spacial score (nSPS) is 20.0. The van der Waals surface area contributed by atoms with Crippen molar-refractivity contribution in [1.29, 1.82) is 0 Å². The van der Waals surface area contributed by atoms with E-state index < -0.39 is 29.6 Å². The van der Waals surface area contributed by atoms with Crippen LogP contribution in [0, 0.1) is 5.41 Å². The molecule has 2 amide bonds. The summed E-state index contributed by atoms with van der Waals surface area (Å²) in [6.45, 7) is 5.90. The van der Waals surface area contributed by atoms with Gasteiger partial charge in [-0.15, -0.1) is 0 Å². The zero-order valence-electron chi connectivity index (χ0n) is 20.2. The molecule has 1 aliphatic heterocycles. The number of nitrogens with one attached hydrogen (secondary N) is 2. The quantitative estimate of drug-likeness (QED) is 0.557. The molecule has 2 aromatic rings. The first-order valence-corrected chi connectivity index (χ1v) is 11.9. The number of ether oxygens (including phenoxy) is 2. The van der Waals surface area contributed by atoms with Crippen LogP contribution < -0.4 is 10.6 Å². The van der Waals surface area contributed by atoms with E-state index in [0.717, 1.165) is 22.3 Å². The summed E-state index contributed by atoms with van der Waals surface area (Å²) < 4.78 is 11.1. The number of hydrogen-bond donors (Lipinski definition) is 3. The van der Waals surface area contributed by atoms with Crippen molar-refractivity contribution in [3.63, 3.8) is 0 Å². The van der Waals surface area contributed by atoms with Crippen molar-refractivity contribution in [3.05, 3.63) is 59.7 Å². The minimum Gasteiger partial charge on any atom is -0.479 e. The molecule has 1 heterocycles. The maximum atomic E-state index is 12.9. The molecule has 4 rings (SSSR count). The van der Waals surface area contributed by atoms with Crippen molar-refractivity contribution >= 4 is 18.0 Å². The lowest BCUT2D eigenvalue weighted by Crippen LogP contribution is -2.54. The number of alkyl carbamates (subject to hydrolysis) is 1. The Labute approximate surface area is 205 Å². The van der Waals surface area contributed by atoms with Gasteiger partial charge in [0.2, 0.25) is 5.91 Å². The molecule has 2 aliphatic rings. The van der Waals surface area contributed by atoms with Crippen LogP contribution in [0.25, 0.3) is 11.1 Å². The molecule has 3 atom stereocenters. The molecular formula is C27H32N2O6. The summed E-state index contributed by atoms with van der Waals surface area (Å²) in [5.74, 6) is -1.44. The number of hydrogen-bond acceptors (Lipinski definition) is 5. The van der Waals surface area contributed by atoms with E-state index >= 15 is 0 Å². The van der Waals surface area contributed by atoms with Gasteiger partial charge < -0.3 is 25.2 Å². The van der Waals surface area contributed by atoms with E-state index in [1.54, 1.807) is 0 Å². The Morgan fingerprint density at radius 1 is 1.03 bits per heavy atom. The van der Waals surface area contributed by atoms with Gasteiger partial charge >= 0.3 is 12.1 Å². The van der Waals surface area contributed by atoms with Gasteiger partial charge in [0, 0.05) is 12.5 Å². The molecule has 0 radical (unpaired) electrons. The molecule has 186 valence electrons. The second-order valence-electron chi connectivity index (χ2n) is 10.2. The van der Waals surface area contributed by atoms with E-state index in [2.05, 4.69) is 22.8 Å². The molecule has 8 nitrogen and oxygen atoms in total. The highest BCUT2D eigenvalue weighted by atomic mass is 16.5. The van der Waals surface area contributed by atoms with Crippen LogP contribution >= 0.6 is 0 Å². The molecule has 35 heavy (non-hydrogen) atoms. The Hall–Kier alpha value is -3.39. The van der Waals surface area contributed by atoms with E-state index in [-0.39, 0.29) is 31.1 Å². The highest BCUT2D eigenvalue weighted by molar-refractivity contribution is 5.86. The summed E-state index contributed by atoms with van der Waals surface area (Å²) in [5, 5.41) is 14.6.